The quantitative estimate of drug-likeness (QED) is 0.603. The maximum absolute atomic E-state index is 12.7. The Morgan fingerprint density at radius 3 is 2.48 bits per heavy atom. The van der Waals surface area contributed by atoms with E-state index >= 15 is 0 Å². The van der Waals surface area contributed by atoms with Gasteiger partial charge in [0.1, 0.15) is 17.9 Å². The molecular weight excluding hydrogens is 434 g/mol. The molecular formula is C21H20BrN5O2. The van der Waals surface area contributed by atoms with Gasteiger partial charge in [-0.2, -0.15) is 0 Å². The highest BCUT2D eigenvalue weighted by molar-refractivity contribution is 9.10. The first-order valence-corrected chi connectivity index (χ1v) is 10.0. The molecule has 4 rings (SSSR count). The summed E-state index contributed by atoms with van der Waals surface area (Å²) < 4.78 is 6.01. The summed E-state index contributed by atoms with van der Waals surface area (Å²) in [5.74, 6) is 1.67. The Bertz CT molecular complexity index is 1000. The van der Waals surface area contributed by atoms with Gasteiger partial charge in [0.05, 0.1) is 18.4 Å². The van der Waals surface area contributed by atoms with Crippen molar-refractivity contribution in [2.75, 3.05) is 38.2 Å². The molecule has 8 heteroatoms. The minimum absolute atomic E-state index is 0.0000550. The highest BCUT2D eigenvalue weighted by Gasteiger charge is 2.23. The number of amides is 1. The fraction of sp³-hybridized carbons (Fsp3) is 0.238. The molecule has 0 unspecified atom stereocenters. The third-order valence-corrected chi connectivity index (χ3v) is 5.31. The van der Waals surface area contributed by atoms with E-state index in [9.17, 15) is 4.79 Å². The van der Waals surface area contributed by atoms with Gasteiger partial charge in [0.25, 0.3) is 5.91 Å². The average molecular weight is 454 g/mol. The second kappa shape index (κ2) is 8.57. The molecule has 0 bridgehead atoms. The van der Waals surface area contributed by atoms with Gasteiger partial charge >= 0.3 is 0 Å². The highest BCUT2D eigenvalue weighted by Crippen LogP contribution is 2.24. The van der Waals surface area contributed by atoms with E-state index in [1.165, 1.54) is 0 Å². The summed E-state index contributed by atoms with van der Waals surface area (Å²) in [4.78, 5) is 29.6. The predicted molar refractivity (Wildman–Crippen MR) is 114 cm³/mol. The number of halogens is 1. The van der Waals surface area contributed by atoms with Gasteiger partial charge in [0.2, 0.25) is 0 Å². The van der Waals surface area contributed by atoms with Crippen molar-refractivity contribution in [3.05, 3.63) is 65.2 Å². The minimum atomic E-state index is 0.0000550. The van der Waals surface area contributed by atoms with Gasteiger partial charge < -0.3 is 14.5 Å². The van der Waals surface area contributed by atoms with Crippen molar-refractivity contribution >= 4 is 27.7 Å². The number of benzene rings is 1. The number of methoxy groups -OCH3 is 1. The van der Waals surface area contributed by atoms with Crippen molar-refractivity contribution in [3.8, 4) is 17.0 Å². The Balaban J connectivity index is 1.44. The Morgan fingerprint density at radius 2 is 1.79 bits per heavy atom. The van der Waals surface area contributed by atoms with Crippen LogP contribution < -0.4 is 9.64 Å². The van der Waals surface area contributed by atoms with Gasteiger partial charge in [-0.05, 0) is 46.3 Å². The molecule has 1 saturated heterocycles. The van der Waals surface area contributed by atoms with E-state index in [4.69, 9.17) is 4.74 Å². The van der Waals surface area contributed by atoms with Crippen LogP contribution in [-0.4, -0.2) is 59.0 Å². The Labute approximate surface area is 177 Å². The van der Waals surface area contributed by atoms with Crippen LogP contribution in [0.25, 0.3) is 11.3 Å². The highest BCUT2D eigenvalue weighted by atomic mass is 79.9. The molecule has 3 heterocycles. The first-order chi connectivity index (χ1) is 14.1. The summed E-state index contributed by atoms with van der Waals surface area (Å²) in [5.41, 5.74) is 2.46. The smallest absolute Gasteiger partial charge is 0.255 e. The van der Waals surface area contributed by atoms with E-state index in [0.29, 0.717) is 31.7 Å². The Morgan fingerprint density at radius 1 is 1.03 bits per heavy atom. The number of piperazine rings is 1. The number of ether oxygens (including phenoxy) is 1. The minimum Gasteiger partial charge on any atom is -0.497 e. The van der Waals surface area contributed by atoms with Crippen LogP contribution in [0.2, 0.25) is 0 Å². The van der Waals surface area contributed by atoms with E-state index < -0.39 is 0 Å². The van der Waals surface area contributed by atoms with Crippen LogP contribution in [0.3, 0.4) is 0 Å². The summed E-state index contributed by atoms with van der Waals surface area (Å²) >= 11 is 3.37. The van der Waals surface area contributed by atoms with E-state index in [1.54, 1.807) is 31.9 Å². The second-order valence-electron chi connectivity index (χ2n) is 6.66. The van der Waals surface area contributed by atoms with Gasteiger partial charge in [0.15, 0.2) is 0 Å². The van der Waals surface area contributed by atoms with Crippen LogP contribution in [0.4, 0.5) is 5.82 Å². The Hall–Kier alpha value is -3.00. The zero-order valence-corrected chi connectivity index (χ0v) is 17.5. The van der Waals surface area contributed by atoms with Crippen LogP contribution in [-0.2, 0) is 0 Å². The number of anilines is 1. The summed E-state index contributed by atoms with van der Waals surface area (Å²) in [7, 11) is 1.65. The number of rotatable bonds is 4. The monoisotopic (exact) mass is 453 g/mol. The molecule has 0 spiro atoms. The molecule has 7 nitrogen and oxygen atoms in total. The standard InChI is InChI=1S/C21H20BrN5O2/c1-29-18-4-2-15(3-5-18)19-11-20(25-14-24-19)26-6-8-27(9-7-26)21(28)16-10-17(22)13-23-12-16/h2-5,10-14H,6-9H2,1H3. The maximum atomic E-state index is 12.7. The molecule has 0 radical (unpaired) electrons. The Kier molecular flexibility index (Phi) is 5.71. The van der Waals surface area contributed by atoms with Crippen LogP contribution in [0.5, 0.6) is 5.75 Å². The van der Waals surface area contributed by atoms with Gasteiger partial charge in [-0.25, -0.2) is 9.97 Å². The lowest BCUT2D eigenvalue weighted by atomic mass is 10.1. The molecule has 0 saturated carbocycles. The molecule has 1 aliphatic heterocycles. The molecule has 1 aromatic carbocycles. The number of pyridine rings is 1. The first kappa shape index (κ1) is 19.3. The molecule has 0 aliphatic carbocycles. The van der Waals surface area contributed by atoms with Crippen LogP contribution in [0.15, 0.2) is 59.6 Å². The van der Waals surface area contributed by atoms with E-state index in [2.05, 4.69) is 35.8 Å². The lowest BCUT2D eigenvalue weighted by molar-refractivity contribution is 0.0746. The number of carbonyl (C=O) groups is 1. The number of hydrogen-bond acceptors (Lipinski definition) is 6. The van der Waals surface area contributed by atoms with Crippen molar-refractivity contribution in [3.63, 3.8) is 0 Å². The number of aromatic nitrogens is 3. The second-order valence-corrected chi connectivity index (χ2v) is 7.58. The SMILES string of the molecule is COc1ccc(-c2cc(N3CCN(C(=O)c4cncc(Br)c4)CC3)ncn2)cc1. The predicted octanol–water partition coefficient (Wildman–Crippen LogP) is 3.27. The number of carbonyl (C=O) groups excluding carboxylic acids is 1. The third-order valence-electron chi connectivity index (χ3n) is 4.88. The van der Waals surface area contributed by atoms with Crippen molar-refractivity contribution in [1.29, 1.82) is 0 Å². The molecule has 1 aliphatic rings. The molecule has 1 fully saturated rings. The molecule has 3 aromatic rings. The van der Waals surface area contributed by atoms with Crippen molar-refractivity contribution in [1.82, 2.24) is 19.9 Å². The normalized spacial score (nSPS) is 14.0. The van der Waals surface area contributed by atoms with Crippen LogP contribution in [0, 0.1) is 0 Å². The zero-order chi connectivity index (χ0) is 20.2. The van der Waals surface area contributed by atoms with Gasteiger partial charge in [-0.3, -0.25) is 9.78 Å². The maximum Gasteiger partial charge on any atom is 0.255 e. The average Bonchev–Trinajstić information content (AvgIpc) is 2.79. The van der Waals surface area contributed by atoms with Crippen molar-refractivity contribution < 1.29 is 9.53 Å². The van der Waals surface area contributed by atoms with E-state index in [1.807, 2.05) is 35.2 Å². The molecule has 2 aromatic heterocycles. The van der Waals surface area contributed by atoms with Crippen molar-refractivity contribution in [2.24, 2.45) is 0 Å². The molecule has 0 atom stereocenters. The number of nitrogens with zero attached hydrogens (tertiary/aromatic N) is 5. The molecule has 148 valence electrons. The molecule has 29 heavy (non-hydrogen) atoms. The van der Waals surface area contributed by atoms with Gasteiger partial charge in [-0.1, -0.05) is 0 Å². The zero-order valence-electron chi connectivity index (χ0n) is 16.0. The fourth-order valence-corrected chi connectivity index (χ4v) is 3.65. The van der Waals surface area contributed by atoms with Gasteiger partial charge in [-0.15, -0.1) is 0 Å². The lowest BCUT2D eigenvalue weighted by Gasteiger charge is -2.35. The summed E-state index contributed by atoms with van der Waals surface area (Å²) in [5, 5.41) is 0. The number of hydrogen-bond donors (Lipinski definition) is 0. The molecule has 1 amide bonds. The topological polar surface area (TPSA) is 71.5 Å². The fourth-order valence-electron chi connectivity index (χ4n) is 3.29. The van der Waals surface area contributed by atoms with Crippen LogP contribution in [0.1, 0.15) is 10.4 Å². The van der Waals surface area contributed by atoms with Gasteiger partial charge in [0, 0.05) is 54.7 Å². The van der Waals surface area contributed by atoms with Crippen LogP contribution >= 0.6 is 15.9 Å². The lowest BCUT2D eigenvalue weighted by Crippen LogP contribution is -2.49. The first-order valence-electron chi connectivity index (χ1n) is 9.25. The largest absolute Gasteiger partial charge is 0.497 e. The van der Waals surface area contributed by atoms with E-state index in [0.717, 1.165) is 27.3 Å². The third kappa shape index (κ3) is 4.37. The van der Waals surface area contributed by atoms with Crippen molar-refractivity contribution in [2.45, 2.75) is 0 Å². The summed E-state index contributed by atoms with van der Waals surface area (Å²) in [6.45, 7) is 2.69. The van der Waals surface area contributed by atoms with E-state index in [-0.39, 0.29) is 5.91 Å². The summed E-state index contributed by atoms with van der Waals surface area (Å²) in [6.07, 6.45) is 4.86. The molecule has 0 N–H and O–H groups in total. The summed E-state index contributed by atoms with van der Waals surface area (Å²) in [6, 6.07) is 11.6.